The fourth-order valence-electron chi connectivity index (χ4n) is 2.16. The van der Waals surface area contributed by atoms with Gasteiger partial charge in [-0.05, 0) is 36.2 Å². The average Bonchev–Trinajstić information content (AvgIpc) is 2.49. The summed E-state index contributed by atoms with van der Waals surface area (Å²) in [7, 11) is 0. The van der Waals surface area contributed by atoms with Crippen molar-refractivity contribution < 1.29 is 9.84 Å². The Hall–Kier alpha value is -1.84. The van der Waals surface area contributed by atoms with E-state index < -0.39 is 0 Å². The molecule has 2 aromatic carbocycles. The van der Waals surface area contributed by atoms with Crippen LogP contribution in [-0.4, -0.2) is 17.8 Å². The van der Waals surface area contributed by atoms with Gasteiger partial charge in [-0.3, -0.25) is 0 Å². The second-order valence-corrected chi connectivity index (χ2v) is 5.14. The SMILES string of the molecule is CCCC(O)CNCc1cccc(Oc2ccccc2)c1. The molecule has 0 aliphatic heterocycles. The van der Waals surface area contributed by atoms with Crippen LogP contribution < -0.4 is 10.1 Å². The number of ether oxygens (including phenoxy) is 1. The van der Waals surface area contributed by atoms with E-state index in [0.717, 1.165) is 36.4 Å². The minimum atomic E-state index is -0.265. The number of aliphatic hydroxyl groups is 1. The van der Waals surface area contributed by atoms with Crippen LogP contribution in [0.15, 0.2) is 54.6 Å². The predicted molar refractivity (Wildman–Crippen MR) is 85.6 cm³/mol. The molecule has 1 unspecified atom stereocenters. The molecule has 1 atom stereocenters. The van der Waals surface area contributed by atoms with E-state index in [0.29, 0.717) is 6.54 Å². The Bertz CT molecular complexity index is 528. The summed E-state index contributed by atoms with van der Waals surface area (Å²) < 4.78 is 5.81. The summed E-state index contributed by atoms with van der Waals surface area (Å²) >= 11 is 0. The van der Waals surface area contributed by atoms with Gasteiger partial charge in [0.2, 0.25) is 0 Å². The quantitative estimate of drug-likeness (QED) is 0.776. The van der Waals surface area contributed by atoms with Gasteiger partial charge in [-0.15, -0.1) is 0 Å². The highest BCUT2D eigenvalue weighted by Crippen LogP contribution is 2.21. The summed E-state index contributed by atoms with van der Waals surface area (Å²) in [5.41, 5.74) is 1.15. The molecule has 0 amide bonds. The standard InChI is InChI=1S/C18H23NO2/c1-2-7-16(20)14-19-13-15-8-6-11-18(12-15)21-17-9-4-3-5-10-17/h3-6,8-12,16,19-20H,2,7,13-14H2,1H3. The van der Waals surface area contributed by atoms with Gasteiger partial charge in [0, 0.05) is 13.1 Å². The molecular weight excluding hydrogens is 262 g/mol. The lowest BCUT2D eigenvalue weighted by atomic mass is 10.2. The molecule has 0 spiro atoms. The topological polar surface area (TPSA) is 41.5 Å². The van der Waals surface area contributed by atoms with Crippen LogP contribution >= 0.6 is 0 Å². The van der Waals surface area contributed by atoms with Crippen LogP contribution in [0, 0.1) is 0 Å². The Morgan fingerprint density at radius 3 is 2.57 bits per heavy atom. The molecule has 3 heteroatoms. The number of nitrogens with one attached hydrogen (secondary N) is 1. The van der Waals surface area contributed by atoms with Crippen molar-refractivity contribution in [3.05, 3.63) is 60.2 Å². The van der Waals surface area contributed by atoms with Gasteiger partial charge in [0.25, 0.3) is 0 Å². The van der Waals surface area contributed by atoms with Crippen molar-refractivity contribution >= 4 is 0 Å². The first-order chi connectivity index (χ1) is 10.3. The van der Waals surface area contributed by atoms with Crippen LogP contribution in [0.5, 0.6) is 11.5 Å². The van der Waals surface area contributed by atoms with Gasteiger partial charge in [-0.1, -0.05) is 43.7 Å². The molecule has 2 rings (SSSR count). The first-order valence-corrected chi connectivity index (χ1v) is 7.48. The molecular formula is C18H23NO2. The van der Waals surface area contributed by atoms with Crippen molar-refractivity contribution in [1.82, 2.24) is 5.32 Å². The first-order valence-electron chi connectivity index (χ1n) is 7.48. The van der Waals surface area contributed by atoms with Gasteiger partial charge in [0.15, 0.2) is 0 Å². The maximum Gasteiger partial charge on any atom is 0.127 e. The van der Waals surface area contributed by atoms with Crippen molar-refractivity contribution in [3.63, 3.8) is 0 Å². The largest absolute Gasteiger partial charge is 0.457 e. The van der Waals surface area contributed by atoms with E-state index in [4.69, 9.17) is 4.74 Å². The zero-order chi connectivity index (χ0) is 14.9. The molecule has 0 aliphatic carbocycles. The summed E-state index contributed by atoms with van der Waals surface area (Å²) in [5.74, 6) is 1.66. The molecule has 2 N–H and O–H groups in total. The zero-order valence-electron chi connectivity index (χ0n) is 12.5. The molecule has 112 valence electrons. The summed E-state index contributed by atoms with van der Waals surface area (Å²) in [4.78, 5) is 0. The van der Waals surface area contributed by atoms with Crippen LogP contribution in [0.4, 0.5) is 0 Å². The first kappa shape index (κ1) is 15.5. The Kier molecular flexibility index (Phi) is 6.25. The van der Waals surface area contributed by atoms with Crippen LogP contribution in [0.25, 0.3) is 0 Å². The maximum atomic E-state index is 9.69. The third-order valence-corrected chi connectivity index (χ3v) is 3.21. The summed E-state index contributed by atoms with van der Waals surface area (Å²) in [6, 6.07) is 17.8. The number of hydrogen-bond donors (Lipinski definition) is 2. The highest BCUT2D eigenvalue weighted by Gasteiger charge is 2.03. The molecule has 0 saturated heterocycles. The normalized spacial score (nSPS) is 12.1. The van der Waals surface area contributed by atoms with Gasteiger partial charge in [-0.2, -0.15) is 0 Å². The number of para-hydroxylation sites is 1. The highest BCUT2D eigenvalue weighted by atomic mass is 16.5. The van der Waals surface area contributed by atoms with Crippen LogP contribution in [0.1, 0.15) is 25.3 Å². The van der Waals surface area contributed by atoms with Gasteiger partial charge in [0.05, 0.1) is 6.10 Å². The van der Waals surface area contributed by atoms with E-state index in [2.05, 4.69) is 18.3 Å². The van der Waals surface area contributed by atoms with Crippen molar-refractivity contribution in [2.45, 2.75) is 32.4 Å². The van der Waals surface area contributed by atoms with Crippen LogP contribution in [-0.2, 0) is 6.54 Å². The second kappa shape index (κ2) is 8.45. The van der Waals surface area contributed by atoms with E-state index in [9.17, 15) is 5.11 Å². The molecule has 21 heavy (non-hydrogen) atoms. The fraction of sp³-hybridized carbons (Fsp3) is 0.333. The van der Waals surface area contributed by atoms with Crippen molar-refractivity contribution in [3.8, 4) is 11.5 Å². The van der Waals surface area contributed by atoms with E-state index >= 15 is 0 Å². The molecule has 0 aromatic heterocycles. The maximum absolute atomic E-state index is 9.69. The van der Waals surface area contributed by atoms with Gasteiger partial charge in [-0.25, -0.2) is 0 Å². The number of benzene rings is 2. The Morgan fingerprint density at radius 1 is 1.05 bits per heavy atom. The van der Waals surface area contributed by atoms with E-state index in [-0.39, 0.29) is 6.10 Å². The molecule has 0 fully saturated rings. The summed E-state index contributed by atoms with van der Waals surface area (Å²) in [6.45, 7) is 3.43. The van der Waals surface area contributed by atoms with Crippen LogP contribution in [0.2, 0.25) is 0 Å². The lowest BCUT2D eigenvalue weighted by Gasteiger charge is -2.11. The Morgan fingerprint density at radius 2 is 1.81 bits per heavy atom. The fourth-order valence-corrected chi connectivity index (χ4v) is 2.16. The highest BCUT2D eigenvalue weighted by molar-refractivity contribution is 5.33. The minimum absolute atomic E-state index is 0.265. The molecule has 0 radical (unpaired) electrons. The van der Waals surface area contributed by atoms with Gasteiger partial charge < -0.3 is 15.2 Å². The van der Waals surface area contributed by atoms with Crippen molar-refractivity contribution in [1.29, 1.82) is 0 Å². The number of rotatable bonds is 8. The van der Waals surface area contributed by atoms with E-state index in [1.165, 1.54) is 0 Å². The third-order valence-electron chi connectivity index (χ3n) is 3.21. The number of hydrogen-bond acceptors (Lipinski definition) is 3. The molecule has 0 bridgehead atoms. The lowest BCUT2D eigenvalue weighted by Crippen LogP contribution is -2.26. The smallest absolute Gasteiger partial charge is 0.127 e. The third kappa shape index (κ3) is 5.58. The number of aliphatic hydroxyl groups excluding tert-OH is 1. The monoisotopic (exact) mass is 285 g/mol. The van der Waals surface area contributed by atoms with E-state index in [1.54, 1.807) is 0 Å². The minimum Gasteiger partial charge on any atom is -0.457 e. The zero-order valence-corrected chi connectivity index (χ0v) is 12.5. The molecule has 0 saturated carbocycles. The van der Waals surface area contributed by atoms with Gasteiger partial charge >= 0.3 is 0 Å². The average molecular weight is 285 g/mol. The lowest BCUT2D eigenvalue weighted by molar-refractivity contribution is 0.160. The molecule has 3 nitrogen and oxygen atoms in total. The predicted octanol–water partition coefficient (Wildman–Crippen LogP) is 3.73. The van der Waals surface area contributed by atoms with Gasteiger partial charge in [0.1, 0.15) is 11.5 Å². The van der Waals surface area contributed by atoms with Crippen molar-refractivity contribution in [2.24, 2.45) is 0 Å². The van der Waals surface area contributed by atoms with E-state index in [1.807, 2.05) is 48.5 Å². The molecule has 0 heterocycles. The Balaban J connectivity index is 1.86. The second-order valence-electron chi connectivity index (χ2n) is 5.14. The molecule has 0 aliphatic rings. The van der Waals surface area contributed by atoms with Crippen molar-refractivity contribution in [2.75, 3.05) is 6.54 Å². The summed E-state index contributed by atoms with van der Waals surface area (Å²) in [5, 5.41) is 13.0. The molecule has 2 aromatic rings. The Labute approximate surface area is 126 Å². The summed E-state index contributed by atoms with van der Waals surface area (Å²) in [6.07, 6.45) is 1.58. The van der Waals surface area contributed by atoms with Crippen LogP contribution in [0.3, 0.4) is 0 Å².